The minimum atomic E-state index is -1.04. The second-order valence-electron chi connectivity index (χ2n) is 5.54. The molecule has 22 heavy (non-hydrogen) atoms. The second-order valence-corrected chi connectivity index (χ2v) is 5.54. The van der Waals surface area contributed by atoms with Gasteiger partial charge in [0, 0.05) is 5.56 Å². The Kier molecular flexibility index (Phi) is 6.10. The van der Waals surface area contributed by atoms with Crippen LogP contribution in [0.5, 0.6) is 0 Å². The third-order valence-corrected chi connectivity index (χ3v) is 3.21. The maximum absolute atomic E-state index is 12.2. The van der Waals surface area contributed by atoms with Gasteiger partial charge >= 0.3 is 5.97 Å². The molecule has 6 nitrogen and oxygen atoms in total. The molecule has 0 heterocycles. The van der Waals surface area contributed by atoms with Gasteiger partial charge in [0.2, 0.25) is 0 Å². The highest BCUT2D eigenvalue weighted by Crippen LogP contribution is 2.09. The molecule has 120 valence electrons. The summed E-state index contributed by atoms with van der Waals surface area (Å²) < 4.78 is 4.96. The van der Waals surface area contributed by atoms with Gasteiger partial charge in [0.05, 0.1) is 0 Å². The Balaban J connectivity index is 2.79. The lowest BCUT2D eigenvalue weighted by molar-refractivity contribution is -0.156. The Bertz CT molecular complexity index is 552. The highest BCUT2D eigenvalue weighted by molar-refractivity contribution is 5.97. The molecule has 0 radical (unpaired) electrons. The molecule has 0 fully saturated rings. The summed E-state index contributed by atoms with van der Waals surface area (Å²) in [6.45, 7) is 6.85. The summed E-state index contributed by atoms with van der Waals surface area (Å²) in [6.07, 6.45) is -1.04. The van der Waals surface area contributed by atoms with E-state index in [0.29, 0.717) is 5.56 Å². The van der Waals surface area contributed by atoms with Crippen LogP contribution >= 0.6 is 0 Å². The van der Waals surface area contributed by atoms with Gasteiger partial charge in [-0.05, 0) is 31.9 Å². The number of carbonyl (C=O) groups is 3. The quantitative estimate of drug-likeness (QED) is 0.771. The number of nitrogens with one attached hydrogen (secondary N) is 1. The van der Waals surface area contributed by atoms with Crippen LogP contribution in [-0.4, -0.2) is 29.9 Å². The largest absolute Gasteiger partial charge is 0.451 e. The van der Waals surface area contributed by atoms with E-state index in [4.69, 9.17) is 10.5 Å². The third kappa shape index (κ3) is 4.87. The Hall–Kier alpha value is -2.37. The smallest absolute Gasteiger partial charge is 0.329 e. The molecule has 3 N–H and O–H groups in total. The lowest BCUT2D eigenvalue weighted by atomic mass is 10.0. The SMILES string of the molecule is Cc1ccc(C(=O)N[C@H](C(=O)O[C@@H](C)C(N)=O)C(C)C)cc1. The summed E-state index contributed by atoms with van der Waals surface area (Å²) in [7, 11) is 0. The van der Waals surface area contributed by atoms with Crippen LogP contribution in [0.25, 0.3) is 0 Å². The van der Waals surface area contributed by atoms with E-state index in [0.717, 1.165) is 5.56 Å². The number of nitrogens with two attached hydrogens (primary N) is 1. The molecule has 1 rings (SSSR count). The Morgan fingerprint density at radius 1 is 1.09 bits per heavy atom. The van der Waals surface area contributed by atoms with Crippen molar-refractivity contribution < 1.29 is 19.1 Å². The zero-order valence-electron chi connectivity index (χ0n) is 13.3. The van der Waals surface area contributed by atoms with Crippen molar-refractivity contribution in [2.75, 3.05) is 0 Å². The number of carbonyl (C=O) groups excluding carboxylic acids is 3. The van der Waals surface area contributed by atoms with Gasteiger partial charge in [0.1, 0.15) is 6.04 Å². The number of hydrogen-bond donors (Lipinski definition) is 2. The molecule has 0 aliphatic rings. The summed E-state index contributed by atoms with van der Waals surface area (Å²) >= 11 is 0. The molecule has 0 aliphatic heterocycles. The molecular formula is C16H22N2O4. The maximum atomic E-state index is 12.2. The molecule has 0 bridgehead atoms. The van der Waals surface area contributed by atoms with Crippen LogP contribution in [0.2, 0.25) is 0 Å². The first kappa shape index (κ1) is 17.7. The van der Waals surface area contributed by atoms with Crippen molar-refractivity contribution in [1.29, 1.82) is 0 Å². The molecule has 0 saturated carbocycles. The zero-order valence-corrected chi connectivity index (χ0v) is 13.3. The number of esters is 1. The lowest BCUT2D eigenvalue weighted by Crippen LogP contribution is -2.47. The minimum absolute atomic E-state index is 0.193. The van der Waals surface area contributed by atoms with Crippen LogP contribution in [0.4, 0.5) is 0 Å². The Morgan fingerprint density at radius 3 is 2.09 bits per heavy atom. The summed E-state index contributed by atoms with van der Waals surface area (Å²) in [5, 5.41) is 2.63. The lowest BCUT2D eigenvalue weighted by Gasteiger charge is -2.22. The molecule has 0 saturated heterocycles. The normalized spacial score (nSPS) is 13.3. The second kappa shape index (κ2) is 7.59. The number of rotatable bonds is 6. The average molecular weight is 306 g/mol. The van der Waals surface area contributed by atoms with Gasteiger partial charge in [-0.15, -0.1) is 0 Å². The Labute approximate surface area is 130 Å². The van der Waals surface area contributed by atoms with Crippen molar-refractivity contribution >= 4 is 17.8 Å². The van der Waals surface area contributed by atoms with Crippen molar-refractivity contribution in [3.05, 3.63) is 35.4 Å². The number of amides is 2. The van der Waals surface area contributed by atoms with Crippen LogP contribution in [-0.2, 0) is 14.3 Å². The van der Waals surface area contributed by atoms with E-state index >= 15 is 0 Å². The van der Waals surface area contributed by atoms with E-state index in [-0.39, 0.29) is 11.8 Å². The third-order valence-electron chi connectivity index (χ3n) is 3.21. The first-order chi connectivity index (χ1) is 10.2. The van der Waals surface area contributed by atoms with Crippen LogP contribution < -0.4 is 11.1 Å². The van der Waals surface area contributed by atoms with Crippen LogP contribution in [0.3, 0.4) is 0 Å². The van der Waals surface area contributed by atoms with Crippen molar-refractivity contribution in [2.24, 2.45) is 11.7 Å². The van der Waals surface area contributed by atoms with E-state index < -0.39 is 24.0 Å². The fourth-order valence-corrected chi connectivity index (χ4v) is 1.73. The van der Waals surface area contributed by atoms with E-state index in [1.54, 1.807) is 26.0 Å². The molecule has 0 spiro atoms. The molecule has 0 unspecified atom stereocenters. The van der Waals surface area contributed by atoms with Gasteiger partial charge in [0.25, 0.3) is 11.8 Å². The molecule has 1 aromatic rings. The Morgan fingerprint density at radius 2 is 1.64 bits per heavy atom. The fraction of sp³-hybridized carbons (Fsp3) is 0.438. The summed E-state index contributed by atoms with van der Waals surface area (Å²) in [5.41, 5.74) is 6.55. The highest BCUT2D eigenvalue weighted by Gasteiger charge is 2.28. The molecule has 2 atom stereocenters. The zero-order chi connectivity index (χ0) is 16.9. The number of benzene rings is 1. The van der Waals surface area contributed by atoms with Crippen LogP contribution in [0, 0.1) is 12.8 Å². The van der Waals surface area contributed by atoms with Gasteiger partial charge < -0.3 is 15.8 Å². The monoisotopic (exact) mass is 306 g/mol. The standard InChI is InChI=1S/C16H22N2O4/c1-9(2)13(16(21)22-11(4)14(17)19)18-15(20)12-7-5-10(3)6-8-12/h5-9,11,13H,1-4H3,(H2,17,19)(H,18,20)/t11-,13-/m0/s1. The predicted octanol–water partition coefficient (Wildman–Crippen LogP) is 1.17. The van der Waals surface area contributed by atoms with Crippen molar-refractivity contribution in [2.45, 2.75) is 39.8 Å². The summed E-state index contributed by atoms with van der Waals surface area (Å²) in [6, 6.07) is 6.13. The first-order valence-electron chi connectivity index (χ1n) is 7.09. The van der Waals surface area contributed by atoms with Gasteiger partial charge in [-0.25, -0.2) is 4.79 Å². The van der Waals surface area contributed by atoms with Gasteiger partial charge in [-0.1, -0.05) is 31.5 Å². The van der Waals surface area contributed by atoms with Gasteiger partial charge in [-0.3, -0.25) is 9.59 Å². The van der Waals surface area contributed by atoms with E-state index in [1.807, 2.05) is 19.1 Å². The molecule has 1 aromatic carbocycles. The van der Waals surface area contributed by atoms with Gasteiger partial charge in [0.15, 0.2) is 6.10 Å². The number of primary amides is 1. The van der Waals surface area contributed by atoms with Crippen molar-refractivity contribution in [3.63, 3.8) is 0 Å². The fourth-order valence-electron chi connectivity index (χ4n) is 1.73. The van der Waals surface area contributed by atoms with E-state index in [1.165, 1.54) is 6.92 Å². The van der Waals surface area contributed by atoms with Crippen molar-refractivity contribution in [1.82, 2.24) is 5.32 Å². The van der Waals surface area contributed by atoms with Gasteiger partial charge in [-0.2, -0.15) is 0 Å². The number of aryl methyl sites for hydroxylation is 1. The van der Waals surface area contributed by atoms with Crippen LogP contribution in [0.1, 0.15) is 36.7 Å². The predicted molar refractivity (Wildman–Crippen MR) is 82.0 cm³/mol. The van der Waals surface area contributed by atoms with Crippen LogP contribution in [0.15, 0.2) is 24.3 Å². The summed E-state index contributed by atoms with van der Waals surface area (Å²) in [5.74, 6) is -1.98. The maximum Gasteiger partial charge on any atom is 0.329 e. The highest BCUT2D eigenvalue weighted by atomic mass is 16.5. The van der Waals surface area contributed by atoms with E-state index in [9.17, 15) is 14.4 Å². The topological polar surface area (TPSA) is 98.5 Å². The number of hydrogen-bond acceptors (Lipinski definition) is 4. The van der Waals surface area contributed by atoms with Crippen molar-refractivity contribution in [3.8, 4) is 0 Å². The summed E-state index contributed by atoms with van der Waals surface area (Å²) in [4.78, 5) is 35.2. The minimum Gasteiger partial charge on any atom is -0.451 e. The van der Waals surface area contributed by atoms with E-state index in [2.05, 4.69) is 5.32 Å². The molecule has 2 amide bonds. The molecule has 6 heteroatoms. The molecular weight excluding hydrogens is 284 g/mol. The average Bonchev–Trinajstić information content (AvgIpc) is 2.44. The number of ether oxygens (including phenoxy) is 1. The first-order valence-corrected chi connectivity index (χ1v) is 7.09. The molecule has 0 aliphatic carbocycles. The molecule has 0 aromatic heterocycles.